The van der Waals surface area contributed by atoms with Crippen molar-refractivity contribution in [1.82, 2.24) is 0 Å². The van der Waals surface area contributed by atoms with Crippen LogP contribution in [-0.2, 0) is 19.2 Å². The molecule has 0 unspecified atom stereocenters. The fourth-order valence-electron chi connectivity index (χ4n) is 5.13. The van der Waals surface area contributed by atoms with Gasteiger partial charge in [-0.2, -0.15) is 0 Å². The van der Waals surface area contributed by atoms with Gasteiger partial charge >= 0.3 is 0 Å². The molecule has 7 atom stereocenters. The topological polar surface area (TPSA) is 36.9 Å². The lowest BCUT2D eigenvalue weighted by atomic mass is 9.58. The summed E-state index contributed by atoms with van der Waals surface area (Å²) in [6.45, 7) is 7.39. The van der Waals surface area contributed by atoms with E-state index < -0.39 is 5.79 Å². The Morgan fingerprint density at radius 3 is 2.75 bits per heavy atom. The van der Waals surface area contributed by atoms with Gasteiger partial charge in [-0.05, 0) is 43.9 Å². The number of rotatable bonds is 1. The van der Waals surface area contributed by atoms with E-state index in [0.717, 1.165) is 25.9 Å². The molecular formula is C16H26O4. The Balaban J connectivity index is 1.79. The van der Waals surface area contributed by atoms with Crippen LogP contribution in [0.2, 0.25) is 0 Å². The van der Waals surface area contributed by atoms with Crippen molar-refractivity contribution in [3.8, 4) is 0 Å². The number of hydrogen-bond donors (Lipinski definition) is 0. The van der Waals surface area contributed by atoms with Gasteiger partial charge in [-0.3, -0.25) is 0 Å². The molecule has 4 nitrogen and oxygen atoms in total. The first kappa shape index (κ1) is 13.5. The second kappa shape index (κ2) is 4.42. The zero-order chi connectivity index (χ0) is 14.0. The quantitative estimate of drug-likeness (QED) is 0.692. The second-order valence-electron chi connectivity index (χ2n) is 7.41. The maximum atomic E-state index is 6.20. The van der Waals surface area contributed by atoms with E-state index in [0.29, 0.717) is 23.7 Å². The van der Waals surface area contributed by atoms with Crippen LogP contribution < -0.4 is 0 Å². The Kier molecular flexibility index (Phi) is 2.98. The van der Waals surface area contributed by atoms with E-state index >= 15 is 0 Å². The molecule has 4 aliphatic heterocycles. The summed E-state index contributed by atoms with van der Waals surface area (Å²) >= 11 is 0. The number of ether oxygens (including phenoxy) is 2. The molecule has 0 aromatic carbocycles. The first-order valence-corrected chi connectivity index (χ1v) is 8.25. The summed E-state index contributed by atoms with van der Waals surface area (Å²) in [7, 11) is 0. The maximum absolute atomic E-state index is 6.20. The normalized spacial score (nSPS) is 58.0. The lowest BCUT2D eigenvalue weighted by molar-refractivity contribution is -0.567. The van der Waals surface area contributed by atoms with Crippen molar-refractivity contribution in [2.24, 2.45) is 23.7 Å². The highest BCUT2D eigenvalue weighted by molar-refractivity contribution is 5.08. The summed E-state index contributed by atoms with van der Waals surface area (Å²) in [5.41, 5.74) is -0.368. The van der Waals surface area contributed by atoms with Crippen molar-refractivity contribution in [3.63, 3.8) is 0 Å². The third-order valence-corrected chi connectivity index (χ3v) is 6.33. The van der Waals surface area contributed by atoms with Crippen molar-refractivity contribution in [2.75, 3.05) is 6.61 Å². The van der Waals surface area contributed by atoms with Crippen molar-refractivity contribution >= 4 is 0 Å². The molecule has 0 amide bonds. The molecule has 20 heavy (non-hydrogen) atoms. The summed E-state index contributed by atoms with van der Waals surface area (Å²) in [6.07, 6.45) is 5.41. The molecule has 0 aromatic heterocycles. The van der Waals surface area contributed by atoms with E-state index in [1.54, 1.807) is 0 Å². The van der Waals surface area contributed by atoms with Crippen molar-refractivity contribution in [3.05, 3.63) is 0 Å². The molecule has 114 valence electrons. The third kappa shape index (κ3) is 1.62. The third-order valence-electron chi connectivity index (χ3n) is 6.33. The van der Waals surface area contributed by atoms with Crippen molar-refractivity contribution < 1.29 is 19.2 Å². The molecule has 0 N–H and O–H groups in total. The van der Waals surface area contributed by atoms with Crippen LogP contribution >= 0.6 is 0 Å². The molecule has 5 rings (SSSR count). The van der Waals surface area contributed by atoms with Crippen LogP contribution in [0.4, 0.5) is 0 Å². The summed E-state index contributed by atoms with van der Waals surface area (Å²) < 4.78 is 12.3. The van der Waals surface area contributed by atoms with Gasteiger partial charge in [0.25, 0.3) is 0 Å². The van der Waals surface area contributed by atoms with E-state index in [9.17, 15) is 0 Å². The SMILES string of the molecule is CC[C@H]1CO[C@@H]2O[C@@]3(C)CC[C@H]4[C@H](C)CC[C@@H]1[C@@]24OO3. The van der Waals surface area contributed by atoms with Crippen molar-refractivity contribution in [2.45, 2.75) is 70.6 Å². The smallest absolute Gasteiger partial charge is 0.201 e. The highest BCUT2D eigenvalue weighted by Crippen LogP contribution is 2.59. The van der Waals surface area contributed by atoms with Gasteiger partial charge in [-0.15, -0.1) is 0 Å². The van der Waals surface area contributed by atoms with Crippen LogP contribution in [0.25, 0.3) is 0 Å². The minimum atomic E-state index is -0.628. The van der Waals surface area contributed by atoms with Gasteiger partial charge < -0.3 is 9.47 Å². The van der Waals surface area contributed by atoms with E-state index in [4.69, 9.17) is 19.2 Å². The van der Waals surface area contributed by atoms with Gasteiger partial charge in [0.15, 0.2) is 11.9 Å². The van der Waals surface area contributed by atoms with Gasteiger partial charge in [0, 0.05) is 12.3 Å². The summed E-state index contributed by atoms with van der Waals surface area (Å²) in [4.78, 5) is 11.8. The van der Waals surface area contributed by atoms with Gasteiger partial charge in [0.1, 0.15) is 0 Å². The van der Waals surface area contributed by atoms with E-state index in [1.165, 1.54) is 12.8 Å². The standard InChI is InChI=1S/C16H26O4/c1-4-11-9-17-14-16-12(10(2)5-6-13(11)16)7-8-15(3,18-14)19-20-16/h10-14H,4-9H2,1-3H3/t10-,11+,12+,13+,14-,15-,16-/m1/s1. The lowest BCUT2D eigenvalue weighted by Crippen LogP contribution is -2.69. The fraction of sp³-hybridized carbons (Fsp3) is 1.00. The minimum absolute atomic E-state index is 0.246. The molecule has 1 aliphatic carbocycles. The fourth-order valence-corrected chi connectivity index (χ4v) is 5.13. The number of hydrogen-bond acceptors (Lipinski definition) is 4. The molecule has 4 heterocycles. The highest BCUT2D eigenvalue weighted by Gasteiger charge is 2.68. The molecular weight excluding hydrogens is 256 g/mol. The lowest BCUT2D eigenvalue weighted by Gasteiger charge is -2.59. The minimum Gasteiger partial charge on any atom is -0.349 e. The van der Waals surface area contributed by atoms with Crippen LogP contribution in [0.5, 0.6) is 0 Å². The first-order valence-electron chi connectivity index (χ1n) is 8.25. The van der Waals surface area contributed by atoms with Crippen LogP contribution in [0.1, 0.15) is 52.9 Å². The average molecular weight is 282 g/mol. The van der Waals surface area contributed by atoms with Crippen LogP contribution in [0.3, 0.4) is 0 Å². The van der Waals surface area contributed by atoms with E-state index in [1.807, 2.05) is 6.92 Å². The summed E-state index contributed by atoms with van der Waals surface area (Å²) in [5, 5.41) is 0. The van der Waals surface area contributed by atoms with Crippen LogP contribution in [0, 0.1) is 23.7 Å². The summed E-state index contributed by atoms with van der Waals surface area (Å²) in [6, 6.07) is 0. The summed E-state index contributed by atoms with van der Waals surface area (Å²) in [5.74, 6) is 1.59. The molecule has 0 aromatic rings. The molecule has 5 fully saturated rings. The Morgan fingerprint density at radius 2 is 1.95 bits per heavy atom. The second-order valence-corrected chi connectivity index (χ2v) is 7.41. The Bertz CT molecular complexity index is 396. The molecule has 4 saturated heterocycles. The molecule has 1 saturated carbocycles. The average Bonchev–Trinajstić information content (AvgIpc) is 2.67. The number of fused-ring (bicyclic) bond motifs is 2. The Morgan fingerprint density at radius 1 is 1.10 bits per heavy atom. The largest absolute Gasteiger partial charge is 0.349 e. The van der Waals surface area contributed by atoms with Gasteiger partial charge in [0.2, 0.25) is 5.79 Å². The predicted molar refractivity (Wildman–Crippen MR) is 72.5 cm³/mol. The van der Waals surface area contributed by atoms with E-state index in [-0.39, 0.29) is 11.9 Å². The Hall–Kier alpha value is -0.160. The van der Waals surface area contributed by atoms with Crippen LogP contribution in [0.15, 0.2) is 0 Å². The highest BCUT2D eigenvalue weighted by atomic mass is 17.3. The molecule has 1 spiro atoms. The van der Waals surface area contributed by atoms with Crippen molar-refractivity contribution in [1.29, 1.82) is 0 Å². The first-order chi connectivity index (χ1) is 9.59. The maximum Gasteiger partial charge on any atom is 0.201 e. The van der Waals surface area contributed by atoms with Gasteiger partial charge in [-0.1, -0.05) is 20.3 Å². The zero-order valence-corrected chi connectivity index (χ0v) is 12.8. The molecule has 2 bridgehead atoms. The molecule has 0 radical (unpaired) electrons. The zero-order valence-electron chi connectivity index (χ0n) is 12.8. The van der Waals surface area contributed by atoms with Crippen LogP contribution in [-0.4, -0.2) is 24.3 Å². The molecule has 5 aliphatic rings. The van der Waals surface area contributed by atoms with Gasteiger partial charge in [-0.25, -0.2) is 9.78 Å². The van der Waals surface area contributed by atoms with Gasteiger partial charge in [0.05, 0.1) is 6.61 Å². The Labute approximate surface area is 121 Å². The monoisotopic (exact) mass is 282 g/mol. The van der Waals surface area contributed by atoms with E-state index in [2.05, 4.69) is 13.8 Å². The molecule has 4 heteroatoms. The predicted octanol–water partition coefficient (Wildman–Crippen LogP) is 3.26.